The molecule has 1 rings (SSSR count). The van der Waals surface area contributed by atoms with Crippen LogP contribution in [0.25, 0.3) is 0 Å². The molecule has 1 N–H and O–H groups in total. The SMILES string of the molecule is Cc1sc(=O)n(CCCCCO)c1C. The zero-order chi connectivity index (χ0) is 10.6. The molecule has 0 spiro atoms. The summed E-state index contributed by atoms with van der Waals surface area (Å²) in [7, 11) is 0. The van der Waals surface area contributed by atoms with Crippen molar-refractivity contribution in [3.63, 3.8) is 0 Å². The average molecular weight is 215 g/mol. The fraction of sp³-hybridized carbons (Fsp3) is 0.700. The Balaban J connectivity index is 2.54. The van der Waals surface area contributed by atoms with Crippen LogP contribution in [0.3, 0.4) is 0 Å². The van der Waals surface area contributed by atoms with Gasteiger partial charge in [-0.05, 0) is 33.1 Å². The summed E-state index contributed by atoms with van der Waals surface area (Å²) in [6.07, 6.45) is 2.78. The van der Waals surface area contributed by atoms with Gasteiger partial charge in [0.25, 0.3) is 0 Å². The molecule has 0 aliphatic rings. The van der Waals surface area contributed by atoms with Gasteiger partial charge in [-0.2, -0.15) is 0 Å². The molecule has 0 bridgehead atoms. The smallest absolute Gasteiger partial charge is 0.307 e. The van der Waals surface area contributed by atoms with Crippen molar-refractivity contribution in [1.29, 1.82) is 0 Å². The third-order valence-electron chi connectivity index (χ3n) is 2.42. The molecule has 0 amide bonds. The lowest BCUT2D eigenvalue weighted by atomic mass is 10.2. The quantitative estimate of drug-likeness (QED) is 0.759. The standard InChI is InChI=1S/C10H17NO2S/c1-8-9(2)14-10(13)11(8)6-4-3-5-7-12/h12H,3-7H2,1-2H3. The predicted octanol–water partition coefficient (Wildman–Crippen LogP) is 1.69. The number of rotatable bonds is 5. The minimum atomic E-state index is 0.143. The van der Waals surface area contributed by atoms with Crippen LogP contribution in [0.5, 0.6) is 0 Å². The molecule has 1 heterocycles. The maximum atomic E-state index is 11.5. The molecule has 14 heavy (non-hydrogen) atoms. The summed E-state index contributed by atoms with van der Waals surface area (Å²) in [5.74, 6) is 0. The van der Waals surface area contributed by atoms with Crippen molar-refractivity contribution in [2.24, 2.45) is 0 Å². The minimum absolute atomic E-state index is 0.143. The summed E-state index contributed by atoms with van der Waals surface area (Å²) in [5.41, 5.74) is 1.09. The third kappa shape index (κ3) is 2.69. The topological polar surface area (TPSA) is 42.2 Å². The molecular weight excluding hydrogens is 198 g/mol. The van der Waals surface area contributed by atoms with Gasteiger partial charge in [-0.25, -0.2) is 0 Å². The van der Waals surface area contributed by atoms with Crippen LogP contribution in [-0.2, 0) is 6.54 Å². The van der Waals surface area contributed by atoms with Crippen LogP contribution in [0.2, 0.25) is 0 Å². The Morgan fingerprint density at radius 3 is 2.50 bits per heavy atom. The molecule has 80 valence electrons. The summed E-state index contributed by atoms with van der Waals surface area (Å²) in [6.45, 7) is 5.00. The Kier molecular flexibility index (Phi) is 4.35. The first-order valence-electron chi connectivity index (χ1n) is 4.94. The molecule has 1 aromatic rings. The molecule has 0 unspecified atom stereocenters. The van der Waals surface area contributed by atoms with E-state index in [1.165, 1.54) is 11.3 Å². The summed E-state index contributed by atoms with van der Waals surface area (Å²) in [4.78, 5) is 12.7. The molecule has 0 aliphatic carbocycles. The maximum absolute atomic E-state index is 11.5. The normalized spacial score (nSPS) is 10.8. The van der Waals surface area contributed by atoms with Crippen LogP contribution < -0.4 is 4.87 Å². The van der Waals surface area contributed by atoms with Gasteiger partial charge in [-0.3, -0.25) is 4.79 Å². The molecule has 0 fully saturated rings. The highest BCUT2D eigenvalue weighted by Gasteiger charge is 2.05. The Labute approximate surface area is 88.0 Å². The van der Waals surface area contributed by atoms with Crippen LogP contribution >= 0.6 is 11.3 Å². The number of aliphatic hydroxyl groups excluding tert-OH is 1. The second-order valence-electron chi connectivity index (χ2n) is 3.45. The molecule has 1 aromatic heterocycles. The number of unbranched alkanes of at least 4 members (excludes halogenated alkanes) is 2. The molecular formula is C10H17NO2S. The second kappa shape index (κ2) is 5.32. The summed E-state index contributed by atoms with van der Waals surface area (Å²) < 4.78 is 1.83. The number of aryl methyl sites for hydroxylation is 1. The van der Waals surface area contributed by atoms with Gasteiger partial charge in [0, 0.05) is 23.7 Å². The van der Waals surface area contributed by atoms with Crippen molar-refractivity contribution < 1.29 is 5.11 Å². The van der Waals surface area contributed by atoms with Gasteiger partial charge < -0.3 is 9.67 Å². The van der Waals surface area contributed by atoms with Crippen molar-refractivity contribution >= 4 is 11.3 Å². The zero-order valence-electron chi connectivity index (χ0n) is 8.75. The monoisotopic (exact) mass is 215 g/mol. The molecule has 0 radical (unpaired) electrons. The van der Waals surface area contributed by atoms with Gasteiger partial charge in [0.05, 0.1) is 0 Å². The first-order valence-corrected chi connectivity index (χ1v) is 5.76. The van der Waals surface area contributed by atoms with Crippen molar-refractivity contribution in [3.05, 3.63) is 20.2 Å². The Morgan fingerprint density at radius 2 is 2.00 bits per heavy atom. The van der Waals surface area contributed by atoms with Gasteiger partial charge >= 0.3 is 4.87 Å². The van der Waals surface area contributed by atoms with Gasteiger partial charge in [0.15, 0.2) is 0 Å². The summed E-state index contributed by atoms with van der Waals surface area (Å²) in [5, 5.41) is 8.61. The van der Waals surface area contributed by atoms with E-state index < -0.39 is 0 Å². The largest absolute Gasteiger partial charge is 0.396 e. The van der Waals surface area contributed by atoms with E-state index in [4.69, 9.17) is 5.11 Å². The number of hydrogen-bond acceptors (Lipinski definition) is 3. The highest BCUT2D eigenvalue weighted by molar-refractivity contribution is 7.09. The van der Waals surface area contributed by atoms with Crippen LogP contribution in [0, 0.1) is 13.8 Å². The first-order chi connectivity index (χ1) is 6.66. The molecule has 0 aromatic carbocycles. The van der Waals surface area contributed by atoms with Crippen LogP contribution in [0.4, 0.5) is 0 Å². The first kappa shape index (κ1) is 11.5. The van der Waals surface area contributed by atoms with Gasteiger partial charge in [0.1, 0.15) is 0 Å². The molecule has 4 heteroatoms. The number of aromatic nitrogens is 1. The zero-order valence-corrected chi connectivity index (χ0v) is 9.56. The number of aliphatic hydroxyl groups is 1. The van der Waals surface area contributed by atoms with E-state index in [9.17, 15) is 4.79 Å². The van der Waals surface area contributed by atoms with Gasteiger partial charge in [0.2, 0.25) is 0 Å². The van der Waals surface area contributed by atoms with Crippen LogP contribution in [-0.4, -0.2) is 16.3 Å². The van der Waals surface area contributed by atoms with E-state index in [1.54, 1.807) is 0 Å². The molecule has 0 saturated heterocycles. The second-order valence-corrected chi connectivity index (χ2v) is 4.61. The average Bonchev–Trinajstić information content (AvgIpc) is 2.38. The van der Waals surface area contributed by atoms with Crippen molar-refractivity contribution in [2.75, 3.05) is 6.61 Å². The Hall–Kier alpha value is -0.610. The Bertz CT molecular complexity index is 340. The summed E-state index contributed by atoms with van der Waals surface area (Å²) in [6, 6.07) is 0. The fourth-order valence-corrected chi connectivity index (χ4v) is 2.26. The highest BCUT2D eigenvalue weighted by Crippen LogP contribution is 2.10. The molecule has 3 nitrogen and oxygen atoms in total. The maximum Gasteiger partial charge on any atom is 0.307 e. The number of hydrogen-bond donors (Lipinski definition) is 1. The third-order valence-corrected chi connectivity index (χ3v) is 3.41. The van der Waals surface area contributed by atoms with E-state index in [2.05, 4.69) is 0 Å². The fourth-order valence-electron chi connectivity index (χ4n) is 1.40. The number of nitrogens with zero attached hydrogens (tertiary/aromatic N) is 1. The van der Waals surface area contributed by atoms with E-state index in [-0.39, 0.29) is 11.5 Å². The lowest BCUT2D eigenvalue weighted by Crippen LogP contribution is -2.14. The van der Waals surface area contributed by atoms with Gasteiger partial charge in [-0.15, -0.1) is 0 Å². The predicted molar refractivity (Wildman–Crippen MR) is 59.0 cm³/mol. The van der Waals surface area contributed by atoms with E-state index >= 15 is 0 Å². The van der Waals surface area contributed by atoms with E-state index in [1.807, 2.05) is 18.4 Å². The van der Waals surface area contributed by atoms with E-state index in [0.717, 1.165) is 36.4 Å². The molecule has 0 atom stereocenters. The van der Waals surface area contributed by atoms with Crippen molar-refractivity contribution in [2.45, 2.75) is 39.7 Å². The van der Waals surface area contributed by atoms with E-state index in [0.29, 0.717) is 0 Å². The van der Waals surface area contributed by atoms with Crippen molar-refractivity contribution in [1.82, 2.24) is 4.57 Å². The lowest BCUT2D eigenvalue weighted by Gasteiger charge is -2.03. The van der Waals surface area contributed by atoms with Crippen LogP contribution in [0.15, 0.2) is 4.79 Å². The Morgan fingerprint density at radius 1 is 1.29 bits per heavy atom. The highest BCUT2D eigenvalue weighted by atomic mass is 32.1. The minimum Gasteiger partial charge on any atom is -0.396 e. The van der Waals surface area contributed by atoms with Gasteiger partial charge in [-0.1, -0.05) is 11.3 Å². The summed E-state index contributed by atoms with van der Waals surface area (Å²) >= 11 is 1.32. The lowest BCUT2D eigenvalue weighted by molar-refractivity contribution is 0.281. The van der Waals surface area contributed by atoms with Crippen molar-refractivity contribution in [3.8, 4) is 0 Å². The number of thiazole rings is 1. The molecule has 0 saturated carbocycles. The van der Waals surface area contributed by atoms with Crippen LogP contribution in [0.1, 0.15) is 29.8 Å². The molecule has 0 aliphatic heterocycles.